The zero-order chi connectivity index (χ0) is 6.97. The van der Waals surface area contributed by atoms with E-state index >= 15 is 0 Å². The number of hydrogen-bond acceptors (Lipinski definition) is 2. The van der Waals surface area contributed by atoms with Crippen LogP contribution in [0.1, 0.15) is 9.67 Å². The van der Waals surface area contributed by atoms with Gasteiger partial charge in [-0.15, -0.1) is 11.3 Å². The molecule has 0 unspecified atom stereocenters. The van der Waals surface area contributed by atoms with E-state index in [1.165, 1.54) is 11.3 Å². The lowest BCUT2D eigenvalue weighted by Crippen LogP contribution is -2.07. The number of thiophene rings is 1. The van der Waals surface area contributed by atoms with Gasteiger partial charge in [-0.3, -0.25) is 4.79 Å². The van der Waals surface area contributed by atoms with Gasteiger partial charge in [0.2, 0.25) is 0 Å². The third-order valence-electron chi connectivity index (χ3n) is 1.47. The molecule has 1 saturated heterocycles. The molecule has 1 amide bonds. The van der Waals surface area contributed by atoms with Crippen LogP contribution in [0.5, 0.6) is 0 Å². The van der Waals surface area contributed by atoms with Crippen LogP contribution in [-0.4, -0.2) is 23.9 Å². The SMILES string of the molecule is O=C(c1cccs1)N1CC1. The maximum Gasteiger partial charge on any atom is 0.264 e. The standard InChI is InChI=1S/C7H7NOS/c9-7(8-3-4-8)6-2-1-5-10-6/h1-2,5H,3-4H2. The molecule has 1 aliphatic rings. The van der Waals surface area contributed by atoms with Gasteiger partial charge >= 0.3 is 0 Å². The van der Waals surface area contributed by atoms with E-state index in [0.717, 1.165) is 18.0 Å². The summed E-state index contributed by atoms with van der Waals surface area (Å²) in [6, 6.07) is 3.77. The normalized spacial score (nSPS) is 15.4. The van der Waals surface area contributed by atoms with Crippen molar-refractivity contribution in [3.8, 4) is 0 Å². The highest BCUT2D eigenvalue weighted by molar-refractivity contribution is 7.12. The predicted molar refractivity (Wildman–Crippen MR) is 40.2 cm³/mol. The smallest absolute Gasteiger partial charge is 0.264 e. The summed E-state index contributed by atoms with van der Waals surface area (Å²) in [7, 11) is 0. The zero-order valence-corrected chi connectivity index (χ0v) is 6.23. The fourth-order valence-electron chi connectivity index (χ4n) is 0.809. The summed E-state index contributed by atoms with van der Waals surface area (Å²) < 4.78 is 0. The van der Waals surface area contributed by atoms with Gasteiger partial charge in [-0.1, -0.05) is 6.07 Å². The Labute approximate surface area is 63.1 Å². The Hall–Kier alpha value is -0.830. The van der Waals surface area contributed by atoms with Gasteiger partial charge in [-0.05, 0) is 11.4 Å². The highest BCUT2D eigenvalue weighted by atomic mass is 32.1. The summed E-state index contributed by atoms with van der Waals surface area (Å²) in [6.07, 6.45) is 0. The second kappa shape index (κ2) is 2.09. The Balaban J connectivity index is 2.19. The summed E-state index contributed by atoms with van der Waals surface area (Å²) in [5.74, 6) is 0.190. The van der Waals surface area contributed by atoms with Crippen LogP contribution in [0.4, 0.5) is 0 Å². The van der Waals surface area contributed by atoms with Crippen molar-refractivity contribution in [3.63, 3.8) is 0 Å². The number of carbonyl (C=O) groups is 1. The van der Waals surface area contributed by atoms with E-state index in [1.807, 2.05) is 22.4 Å². The lowest BCUT2D eigenvalue weighted by Gasteiger charge is -1.94. The summed E-state index contributed by atoms with van der Waals surface area (Å²) in [6.45, 7) is 1.88. The maximum atomic E-state index is 11.2. The van der Waals surface area contributed by atoms with Gasteiger partial charge in [0.15, 0.2) is 0 Å². The van der Waals surface area contributed by atoms with Gasteiger partial charge < -0.3 is 4.90 Å². The molecule has 3 heteroatoms. The molecule has 0 aromatic carbocycles. The van der Waals surface area contributed by atoms with Crippen molar-refractivity contribution in [3.05, 3.63) is 22.4 Å². The molecule has 0 aliphatic carbocycles. The first-order chi connectivity index (χ1) is 4.88. The fraction of sp³-hybridized carbons (Fsp3) is 0.286. The molecular weight excluding hydrogens is 146 g/mol. The monoisotopic (exact) mass is 153 g/mol. The van der Waals surface area contributed by atoms with Crippen LogP contribution in [0, 0.1) is 0 Å². The van der Waals surface area contributed by atoms with Crippen LogP contribution in [0.2, 0.25) is 0 Å². The predicted octanol–water partition coefficient (Wildman–Crippen LogP) is 1.20. The molecule has 0 bridgehead atoms. The summed E-state index contributed by atoms with van der Waals surface area (Å²) in [5.41, 5.74) is 0. The summed E-state index contributed by atoms with van der Waals surface area (Å²) in [4.78, 5) is 13.9. The Bertz CT molecular complexity index is 238. The van der Waals surface area contributed by atoms with Crippen LogP contribution < -0.4 is 0 Å². The quantitative estimate of drug-likeness (QED) is 0.555. The summed E-state index contributed by atoms with van der Waals surface area (Å²) in [5, 5.41) is 1.93. The molecule has 1 fully saturated rings. The summed E-state index contributed by atoms with van der Waals surface area (Å²) >= 11 is 1.51. The average Bonchev–Trinajstić information content (AvgIpc) is 2.65. The number of carbonyl (C=O) groups excluding carboxylic acids is 1. The van der Waals surface area contributed by atoms with E-state index in [0.29, 0.717) is 0 Å². The van der Waals surface area contributed by atoms with Crippen molar-refractivity contribution in [1.82, 2.24) is 4.90 Å². The molecule has 0 N–H and O–H groups in total. The van der Waals surface area contributed by atoms with Gasteiger partial charge in [0, 0.05) is 13.1 Å². The van der Waals surface area contributed by atoms with Gasteiger partial charge in [-0.25, -0.2) is 0 Å². The number of rotatable bonds is 1. The zero-order valence-electron chi connectivity index (χ0n) is 5.41. The van der Waals surface area contributed by atoms with Crippen LogP contribution in [0.15, 0.2) is 17.5 Å². The molecule has 1 aromatic rings. The van der Waals surface area contributed by atoms with Crippen molar-refractivity contribution in [1.29, 1.82) is 0 Å². The van der Waals surface area contributed by atoms with Gasteiger partial charge in [0.25, 0.3) is 5.91 Å². The molecular formula is C7H7NOS. The molecule has 0 saturated carbocycles. The van der Waals surface area contributed by atoms with Crippen LogP contribution in [0.25, 0.3) is 0 Å². The minimum absolute atomic E-state index is 0.190. The molecule has 2 heterocycles. The first kappa shape index (κ1) is 5.92. The lowest BCUT2D eigenvalue weighted by molar-refractivity contribution is 0.0890. The molecule has 1 aromatic heterocycles. The van der Waals surface area contributed by atoms with Crippen LogP contribution >= 0.6 is 11.3 Å². The average molecular weight is 153 g/mol. The van der Waals surface area contributed by atoms with E-state index in [4.69, 9.17) is 0 Å². The Morgan fingerprint density at radius 3 is 2.90 bits per heavy atom. The van der Waals surface area contributed by atoms with E-state index in [2.05, 4.69) is 0 Å². The molecule has 52 valence electrons. The van der Waals surface area contributed by atoms with Crippen molar-refractivity contribution in [2.75, 3.05) is 13.1 Å². The maximum absolute atomic E-state index is 11.2. The van der Waals surface area contributed by atoms with E-state index in [9.17, 15) is 4.79 Å². The van der Waals surface area contributed by atoms with Gasteiger partial charge in [0.05, 0.1) is 4.88 Å². The molecule has 2 nitrogen and oxygen atoms in total. The van der Waals surface area contributed by atoms with Crippen molar-refractivity contribution >= 4 is 17.2 Å². The topological polar surface area (TPSA) is 20.1 Å². The second-order valence-corrected chi connectivity index (χ2v) is 3.22. The van der Waals surface area contributed by atoms with Gasteiger partial charge in [-0.2, -0.15) is 0 Å². The fourth-order valence-corrected chi connectivity index (χ4v) is 1.50. The highest BCUT2D eigenvalue weighted by Gasteiger charge is 2.25. The Morgan fingerprint density at radius 1 is 1.60 bits per heavy atom. The third kappa shape index (κ3) is 0.926. The number of nitrogens with zero attached hydrogens (tertiary/aromatic N) is 1. The highest BCUT2D eigenvalue weighted by Crippen LogP contribution is 2.15. The molecule has 0 radical (unpaired) electrons. The first-order valence-corrected chi connectivity index (χ1v) is 4.09. The minimum atomic E-state index is 0.190. The van der Waals surface area contributed by atoms with Crippen LogP contribution in [-0.2, 0) is 0 Å². The van der Waals surface area contributed by atoms with E-state index in [1.54, 1.807) is 0 Å². The minimum Gasteiger partial charge on any atom is -0.334 e. The first-order valence-electron chi connectivity index (χ1n) is 3.21. The Kier molecular flexibility index (Phi) is 1.24. The van der Waals surface area contributed by atoms with Crippen molar-refractivity contribution < 1.29 is 4.79 Å². The molecule has 1 aliphatic heterocycles. The van der Waals surface area contributed by atoms with Gasteiger partial charge in [0.1, 0.15) is 0 Å². The molecule has 10 heavy (non-hydrogen) atoms. The van der Waals surface area contributed by atoms with E-state index in [-0.39, 0.29) is 5.91 Å². The number of amides is 1. The van der Waals surface area contributed by atoms with E-state index < -0.39 is 0 Å². The molecule has 0 atom stereocenters. The number of hydrogen-bond donors (Lipinski definition) is 0. The third-order valence-corrected chi connectivity index (χ3v) is 2.32. The molecule has 2 rings (SSSR count). The second-order valence-electron chi connectivity index (χ2n) is 2.27. The largest absolute Gasteiger partial charge is 0.334 e. The van der Waals surface area contributed by atoms with Crippen LogP contribution in [0.3, 0.4) is 0 Å². The lowest BCUT2D eigenvalue weighted by atomic mass is 10.4. The Morgan fingerprint density at radius 2 is 2.40 bits per heavy atom. The van der Waals surface area contributed by atoms with Crippen molar-refractivity contribution in [2.24, 2.45) is 0 Å². The molecule has 0 spiro atoms. The van der Waals surface area contributed by atoms with Crippen molar-refractivity contribution in [2.45, 2.75) is 0 Å².